The van der Waals surface area contributed by atoms with Crippen LogP contribution in [0.1, 0.15) is 24.2 Å². The number of benzene rings is 1. The number of thiazole rings is 1. The lowest BCUT2D eigenvalue weighted by Crippen LogP contribution is -2.43. The molecule has 6 heteroatoms. The maximum atomic E-state index is 12.1. The van der Waals surface area contributed by atoms with Gasteiger partial charge in [-0.25, -0.2) is 4.98 Å². The van der Waals surface area contributed by atoms with Gasteiger partial charge in [0, 0.05) is 37.8 Å². The quantitative estimate of drug-likeness (QED) is 0.908. The summed E-state index contributed by atoms with van der Waals surface area (Å²) in [6, 6.07) is 5.87. The Morgan fingerprint density at radius 3 is 2.86 bits per heavy atom. The second kappa shape index (κ2) is 5.99. The van der Waals surface area contributed by atoms with Crippen molar-refractivity contribution >= 4 is 32.6 Å². The molecule has 1 aliphatic heterocycles. The first kappa shape index (κ1) is 14.3. The molecule has 3 rings (SSSR count). The predicted molar refractivity (Wildman–Crippen MR) is 87.3 cm³/mol. The third-order valence-corrected chi connectivity index (χ3v) is 4.53. The largest absolute Gasteiger partial charge is 0.350 e. The minimum Gasteiger partial charge on any atom is -0.350 e. The van der Waals surface area contributed by atoms with Crippen molar-refractivity contribution < 1.29 is 4.79 Å². The fraction of sp³-hybridized carbons (Fsp3) is 0.467. The number of nitrogens with zero attached hydrogens (tertiary/aromatic N) is 2. The summed E-state index contributed by atoms with van der Waals surface area (Å²) in [6.07, 6.45) is 0. The van der Waals surface area contributed by atoms with Crippen LogP contribution < -0.4 is 15.5 Å². The molecule has 0 aliphatic carbocycles. The number of carbonyl (C=O) groups excluding carboxylic acids is 1. The molecule has 0 unspecified atom stereocenters. The van der Waals surface area contributed by atoms with Crippen LogP contribution in [0.2, 0.25) is 0 Å². The van der Waals surface area contributed by atoms with E-state index in [1.807, 2.05) is 32.0 Å². The van der Waals surface area contributed by atoms with E-state index in [4.69, 9.17) is 0 Å². The Hall–Kier alpha value is -1.66. The zero-order chi connectivity index (χ0) is 14.8. The van der Waals surface area contributed by atoms with E-state index < -0.39 is 0 Å². The van der Waals surface area contributed by atoms with Gasteiger partial charge in [0.25, 0.3) is 5.91 Å². The molecule has 5 nitrogen and oxygen atoms in total. The van der Waals surface area contributed by atoms with Crippen molar-refractivity contribution in [3.63, 3.8) is 0 Å². The molecule has 21 heavy (non-hydrogen) atoms. The molecule has 1 fully saturated rings. The number of hydrogen-bond acceptors (Lipinski definition) is 5. The summed E-state index contributed by atoms with van der Waals surface area (Å²) in [4.78, 5) is 19.0. The molecule has 0 saturated carbocycles. The van der Waals surface area contributed by atoms with Crippen LogP contribution in [0.15, 0.2) is 18.2 Å². The number of fused-ring (bicyclic) bond motifs is 1. The van der Waals surface area contributed by atoms with E-state index in [0.717, 1.165) is 41.5 Å². The average Bonchev–Trinajstić information content (AvgIpc) is 2.90. The maximum absolute atomic E-state index is 12.1. The first-order valence-corrected chi connectivity index (χ1v) is 8.12. The molecule has 1 aromatic carbocycles. The van der Waals surface area contributed by atoms with Gasteiger partial charge in [-0.2, -0.15) is 0 Å². The average molecular weight is 304 g/mol. The Morgan fingerprint density at radius 2 is 2.14 bits per heavy atom. The van der Waals surface area contributed by atoms with Crippen molar-refractivity contribution in [1.82, 2.24) is 15.6 Å². The van der Waals surface area contributed by atoms with Gasteiger partial charge in [0.2, 0.25) is 0 Å². The zero-order valence-corrected chi connectivity index (χ0v) is 13.2. The molecule has 1 amide bonds. The number of nitrogens with one attached hydrogen (secondary N) is 2. The summed E-state index contributed by atoms with van der Waals surface area (Å²) in [5, 5.41) is 7.31. The molecular formula is C15H20N4OS. The van der Waals surface area contributed by atoms with E-state index in [-0.39, 0.29) is 11.9 Å². The monoisotopic (exact) mass is 304 g/mol. The van der Waals surface area contributed by atoms with Crippen LogP contribution in [0.4, 0.5) is 5.13 Å². The lowest BCUT2D eigenvalue weighted by Gasteiger charge is -2.26. The highest BCUT2D eigenvalue weighted by Gasteiger charge is 2.16. The Kier molecular flexibility index (Phi) is 4.07. The Bertz CT molecular complexity index is 646. The fourth-order valence-electron chi connectivity index (χ4n) is 2.39. The molecule has 0 bridgehead atoms. The molecule has 112 valence electrons. The summed E-state index contributed by atoms with van der Waals surface area (Å²) >= 11 is 1.66. The van der Waals surface area contributed by atoms with Gasteiger partial charge in [-0.15, -0.1) is 0 Å². The van der Waals surface area contributed by atoms with E-state index in [0.29, 0.717) is 5.56 Å². The molecule has 0 spiro atoms. The summed E-state index contributed by atoms with van der Waals surface area (Å²) in [6.45, 7) is 7.90. The Morgan fingerprint density at radius 1 is 1.38 bits per heavy atom. The van der Waals surface area contributed by atoms with E-state index >= 15 is 0 Å². The van der Waals surface area contributed by atoms with Crippen LogP contribution in [0, 0.1) is 0 Å². The van der Waals surface area contributed by atoms with E-state index in [2.05, 4.69) is 20.5 Å². The fourth-order valence-corrected chi connectivity index (χ4v) is 3.45. The van der Waals surface area contributed by atoms with Crippen LogP contribution in [-0.4, -0.2) is 43.1 Å². The van der Waals surface area contributed by atoms with E-state index in [9.17, 15) is 4.79 Å². The van der Waals surface area contributed by atoms with Gasteiger partial charge in [-0.05, 0) is 32.0 Å². The number of anilines is 1. The smallest absolute Gasteiger partial charge is 0.251 e. The highest BCUT2D eigenvalue weighted by atomic mass is 32.1. The summed E-state index contributed by atoms with van der Waals surface area (Å²) < 4.78 is 1.07. The van der Waals surface area contributed by atoms with Crippen molar-refractivity contribution in [2.24, 2.45) is 0 Å². The van der Waals surface area contributed by atoms with Crippen LogP contribution in [0.3, 0.4) is 0 Å². The van der Waals surface area contributed by atoms with Crippen molar-refractivity contribution in [1.29, 1.82) is 0 Å². The van der Waals surface area contributed by atoms with Gasteiger partial charge < -0.3 is 15.5 Å². The third-order valence-electron chi connectivity index (χ3n) is 3.45. The molecular weight excluding hydrogens is 284 g/mol. The van der Waals surface area contributed by atoms with Crippen molar-refractivity contribution in [3.05, 3.63) is 23.8 Å². The van der Waals surface area contributed by atoms with Crippen molar-refractivity contribution in [2.75, 3.05) is 31.1 Å². The van der Waals surface area contributed by atoms with Crippen molar-refractivity contribution in [2.45, 2.75) is 19.9 Å². The highest BCUT2D eigenvalue weighted by molar-refractivity contribution is 7.22. The van der Waals surface area contributed by atoms with Gasteiger partial charge in [0.1, 0.15) is 0 Å². The number of carbonyl (C=O) groups is 1. The number of hydrogen-bond donors (Lipinski definition) is 2. The van der Waals surface area contributed by atoms with E-state index in [1.54, 1.807) is 11.3 Å². The van der Waals surface area contributed by atoms with Crippen LogP contribution in [0.5, 0.6) is 0 Å². The molecule has 0 atom stereocenters. The summed E-state index contributed by atoms with van der Waals surface area (Å²) in [7, 11) is 0. The van der Waals surface area contributed by atoms with Gasteiger partial charge in [-0.3, -0.25) is 4.79 Å². The second-order valence-corrected chi connectivity index (χ2v) is 6.55. The van der Waals surface area contributed by atoms with E-state index in [1.165, 1.54) is 0 Å². The standard InChI is InChI=1S/C15H20N4OS/c1-10(2)17-14(20)11-3-4-12-13(9-11)21-15(18-12)19-7-5-16-6-8-19/h3-4,9-10,16H,5-8H2,1-2H3,(H,17,20). The van der Waals surface area contributed by atoms with Gasteiger partial charge in [0.05, 0.1) is 10.2 Å². The summed E-state index contributed by atoms with van der Waals surface area (Å²) in [5.41, 5.74) is 1.67. The number of rotatable bonds is 3. The third kappa shape index (κ3) is 3.16. The van der Waals surface area contributed by atoms with Crippen LogP contribution >= 0.6 is 11.3 Å². The minimum absolute atomic E-state index is 0.0241. The lowest BCUT2D eigenvalue weighted by molar-refractivity contribution is 0.0943. The number of piperazine rings is 1. The summed E-state index contributed by atoms with van der Waals surface area (Å²) in [5.74, 6) is -0.0241. The minimum atomic E-state index is -0.0241. The first-order chi connectivity index (χ1) is 10.1. The Labute approximate surface area is 128 Å². The number of amides is 1. The van der Waals surface area contributed by atoms with Crippen LogP contribution in [-0.2, 0) is 0 Å². The molecule has 0 radical (unpaired) electrons. The number of aromatic nitrogens is 1. The maximum Gasteiger partial charge on any atom is 0.251 e. The lowest BCUT2D eigenvalue weighted by atomic mass is 10.2. The molecule has 1 aliphatic rings. The normalized spacial score (nSPS) is 15.7. The highest BCUT2D eigenvalue weighted by Crippen LogP contribution is 2.29. The molecule has 1 aromatic heterocycles. The molecule has 2 aromatic rings. The Balaban J connectivity index is 1.86. The molecule has 1 saturated heterocycles. The topological polar surface area (TPSA) is 57.3 Å². The van der Waals surface area contributed by atoms with Crippen molar-refractivity contribution in [3.8, 4) is 0 Å². The first-order valence-electron chi connectivity index (χ1n) is 7.30. The van der Waals surface area contributed by atoms with Gasteiger partial charge >= 0.3 is 0 Å². The predicted octanol–water partition coefficient (Wildman–Crippen LogP) is 1.84. The van der Waals surface area contributed by atoms with Crippen LogP contribution in [0.25, 0.3) is 10.2 Å². The van der Waals surface area contributed by atoms with Gasteiger partial charge in [-0.1, -0.05) is 11.3 Å². The SMILES string of the molecule is CC(C)NC(=O)c1ccc2nc(N3CCNCC3)sc2c1. The zero-order valence-electron chi connectivity index (χ0n) is 12.3. The second-order valence-electron chi connectivity index (χ2n) is 5.54. The van der Waals surface area contributed by atoms with Gasteiger partial charge in [0.15, 0.2) is 5.13 Å². The molecule has 2 N–H and O–H groups in total. The molecule has 2 heterocycles.